The van der Waals surface area contributed by atoms with Crippen LogP contribution in [0, 0.1) is 0 Å². The van der Waals surface area contributed by atoms with Crippen LogP contribution in [0.4, 0.5) is 0 Å². The fraction of sp³-hybridized carbons (Fsp3) is 0.400. The predicted octanol–water partition coefficient (Wildman–Crippen LogP) is 5.10. The second kappa shape index (κ2) is 8.72. The molecule has 0 aliphatic rings. The summed E-state index contributed by atoms with van der Waals surface area (Å²) in [5.74, 6) is 1.80. The van der Waals surface area contributed by atoms with Crippen molar-refractivity contribution < 1.29 is 9.47 Å². The first-order valence-electron chi connectivity index (χ1n) is 8.10. The Morgan fingerprint density at radius 3 is 2.25 bits per heavy atom. The fourth-order valence-electron chi connectivity index (χ4n) is 2.24. The molecule has 0 heterocycles. The maximum atomic E-state index is 6.08. The maximum Gasteiger partial charge on any atom is 0.124 e. The minimum Gasteiger partial charge on any atom is -0.497 e. The molecule has 3 nitrogen and oxygen atoms in total. The highest BCUT2D eigenvalue weighted by molar-refractivity contribution is 14.1. The number of benzene rings is 2. The molecule has 0 amide bonds. The summed E-state index contributed by atoms with van der Waals surface area (Å²) >= 11 is 2.39. The monoisotopic (exact) mass is 439 g/mol. The highest BCUT2D eigenvalue weighted by atomic mass is 127. The van der Waals surface area contributed by atoms with E-state index in [1.807, 2.05) is 24.3 Å². The topological polar surface area (TPSA) is 30.5 Å². The lowest BCUT2D eigenvalue weighted by Crippen LogP contribution is -2.35. The van der Waals surface area contributed by atoms with Gasteiger partial charge in [0.1, 0.15) is 18.1 Å². The average Bonchev–Trinajstić information content (AvgIpc) is 2.58. The van der Waals surface area contributed by atoms with Crippen molar-refractivity contribution in [3.63, 3.8) is 0 Å². The zero-order valence-electron chi connectivity index (χ0n) is 14.9. The standard InChI is InChI=1S/C20H26INO2/c1-20(2,3)22-13-17-11-16(12-21)7-10-19(17)24-14-15-5-8-18(23-4)9-6-15/h5-11,22H,12-14H2,1-4H3. The predicted molar refractivity (Wildman–Crippen MR) is 108 cm³/mol. The molecule has 4 heteroatoms. The van der Waals surface area contributed by atoms with E-state index >= 15 is 0 Å². The number of ether oxygens (including phenoxy) is 2. The second-order valence-electron chi connectivity index (χ2n) is 6.82. The van der Waals surface area contributed by atoms with Gasteiger partial charge < -0.3 is 14.8 Å². The lowest BCUT2D eigenvalue weighted by Gasteiger charge is -2.22. The summed E-state index contributed by atoms with van der Waals surface area (Å²) in [6.07, 6.45) is 0. The molecule has 0 saturated carbocycles. The number of alkyl halides is 1. The number of methoxy groups -OCH3 is 1. The van der Waals surface area contributed by atoms with Crippen LogP contribution >= 0.6 is 22.6 Å². The van der Waals surface area contributed by atoms with Crippen LogP contribution in [-0.4, -0.2) is 12.6 Å². The molecule has 0 aromatic heterocycles. The first kappa shape index (κ1) is 19.1. The lowest BCUT2D eigenvalue weighted by molar-refractivity contribution is 0.300. The third-order valence-corrected chi connectivity index (χ3v) is 4.52. The van der Waals surface area contributed by atoms with E-state index in [1.54, 1.807) is 7.11 Å². The van der Waals surface area contributed by atoms with E-state index in [1.165, 1.54) is 11.1 Å². The quantitative estimate of drug-likeness (QED) is 0.481. The van der Waals surface area contributed by atoms with E-state index in [4.69, 9.17) is 9.47 Å². The van der Waals surface area contributed by atoms with Crippen LogP contribution in [-0.2, 0) is 17.6 Å². The lowest BCUT2D eigenvalue weighted by atomic mass is 10.1. The van der Waals surface area contributed by atoms with Gasteiger partial charge in [0.2, 0.25) is 0 Å². The van der Waals surface area contributed by atoms with E-state index in [-0.39, 0.29) is 5.54 Å². The van der Waals surface area contributed by atoms with Gasteiger partial charge in [0.15, 0.2) is 0 Å². The molecule has 0 fully saturated rings. The Labute approximate surface area is 158 Å². The Balaban J connectivity index is 2.09. The van der Waals surface area contributed by atoms with Gasteiger partial charge in [0, 0.05) is 22.1 Å². The summed E-state index contributed by atoms with van der Waals surface area (Å²) in [6, 6.07) is 14.4. The number of hydrogen-bond acceptors (Lipinski definition) is 3. The Morgan fingerprint density at radius 2 is 1.67 bits per heavy atom. The molecule has 0 saturated heterocycles. The summed E-state index contributed by atoms with van der Waals surface area (Å²) < 4.78 is 12.3. The third-order valence-electron chi connectivity index (χ3n) is 3.64. The van der Waals surface area contributed by atoms with Gasteiger partial charge in [0.25, 0.3) is 0 Å². The van der Waals surface area contributed by atoms with Crippen LogP contribution in [0.2, 0.25) is 0 Å². The number of rotatable bonds is 7. The summed E-state index contributed by atoms with van der Waals surface area (Å²) in [5.41, 5.74) is 3.72. The molecule has 2 aromatic rings. The third kappa shape index (κ3) is 5.98. The molecule has 0 aliphatic heterocycles. The second-order valence-corrected chi connectivity index (χ2v) is 7.58. The Hall–Kier alpha value is -1.27. The summed E-state index contributed by atoms with van der Waals surface area (Å²) in [6.45, 7) is 7.87. The fourth-order valence-corrected chi connectivity index (χ4v) is 2.71. The van der Waals surface area contributed by atoms with Gasteiger partial charge in [-0.15, -0.1) is 0 Å². The van der Waals surface area contributed by atoms with Crippen molar-refractivity contribution in [2.45, 2.75) is 43.9 Å². The summed E-state index contributed by atoms with van der Waals surface area (Å²) in [4.78, 5) is 0. The van der Waals surface area contributed by atoms with Crippen molar-refractivity contribution in [2.24, 2.45) is 0 Å². The van der Waals surface area contributed by atoms with Gasteiger partial charge in [-0.25, -0.2) is 0 Å². The Kier molecular flexibility index (Phi) is 6.92. The summed E-state index contributed by atoms with van der Waals surface area (Å²) in [5, 5.41) is 3.54. The highest BCUT2D eigenvalue weighted by Gasteiger charge is 2.12. The molecule has 0 atom stereocenters. The zero-order valence-corrected chi connectivity index (χ0v) is 17.0. The van der Waals surface area contributed by atoms with Crippen molar-refractivity contribution >= 4 is 22.6 Å². The Morgan fingerprint density at radius 1 is 1.00 bits per heavy atom. The van der Waals surface area contributed by atoms with Crippen LogP contribution in [0.15, 0.2) is 42.5 Å². The Bertz CT molecular complexity index is 648. The van der Waals surface area contributed by atoms with Gasteiger partial charge in [-0.2, -0.15) is 0 Å². The van der Waals surface area contributed by atoms with Crippen LogP contribution in [0.25, 0.3) is 0 Å². The number of nitrogens with one attached hydrogen (secondary N) is 1. The van der Waals surface area contributed by atoms with Crippen molar-refractivity contribution in [3.8, 4) is 11.5 Å². The number of halogens is 1. The first-order valence-corrected chi connectivity index (χ1v) is 9.62. The minimum atomic E-state index is 0.0770. The molecule has 24 heavy (non-hydrogen) atoms. The van der Waals surface area contributed by atoms with E-state index in [2.05, 4.69) is 66.9 Å². The van der Waals surface area contributed by atoms with Crippen LogP contribution in [0.5, 0.6) is 11.5 Å². The van der Waals surface area contributed by atoms with Gasteiger partial charge in [-0.1, -0.05) is 46.9 Å². The molecule has 2 rings (SSSR count). The van der Waals surface area contributed by atoms with Crippen LogP contribution in [0.1, 0.15) is 37.5 Å². The molecule has 0 aliphatic carbocycles. The van der Waals surface area contributed by atoms with Gasteiger partial charge in [-0.3, -0.25) is 0 Å². The molecule has 0 unspecified atom stereocenters. The highest BCUT2D eigenvalue weighted by Crippen LogP contribution is 2.24. The van der Waals surface area contributed by atoms with E-state index in [0.717, 1.165) is 28.0 Å². The molecule has 0 radical (unpaired) electrons. The smallest absolute Gasteiger partial charge is 0.124 e. The maximum absolute atomic E-state index is 6.08. The average molecular weight is 439 g/mol. The normalized spacial score (nSPS) is 11.4. The molecule has 1 N–H and O–H groups in total. The van der Waals surface area contributed by atoms with Crippen molar-refractivity contribution in [1.29, 1.82) is 0 Å². The van der Waals surface area contributed by atoms with Crippen molar-refractivity contribution in [2.75, 3.05) is 7.11 Å². The SMILES string of the molecule is COc1ccc(COc2ccc(CI)cc2CNC(C)(C)C)cc1. The van der Waals surface area contributed by atoms with Crippen LogP contribution < -0.4 is 14.8 Å². The van der Waals surface area contributed by atoms with Crippen molar-refractivity contribution in [3.05, 3.63) is 59.2 Å². The van der Waals surface area contributed by atoms with E-state index in [9.17, 15) is 0 Å². The molecule has 130 valence electrons. The molecule has 2 aromatic carbocycles. The van der Waals surface area contributed by atoms with E-state index in [0.29, 0.717) is 6.61 Å². The largest absolute Gasteiger partial charge is 0.497 e. The molecule has 0 spiro atoms. The first-order chi connectivity index (χ1) is 11.4. The van der Waals surface area contributed by atoms with Crippen LogP contribution in [0.3, 0.4) is 0 Å². The molecular formula is C20H26INO2. The molecular weight excluding hydrogens is 413 g/mol. The summed E-state index contributed by atoms with van der Waals surface area (Å²) in [7, 11) is 1.68. The zero-order chi connectivity index (χ0) is 17.6. The minimum absolute atomic E-state index is 0.0770. The van der Waals surface area contributed by atoms with E-state index < -0.39 is 0 Å². The van der Waals surface area contributed by atoms with Gasteiger partial charge in [-0.05, 0) is 50.1 Å². The van der Waals surface area contributed by atoms with Gasteiger partial charge in [0.05, 0.1) is 7.11 Å². The molecule has 0 bridgehead atoms. The van der Waals surface area contributed by atoms with Crippen molar-refractivity contribution in [1.82, 2.24) is 5.32 Å². The van der Waals surface area contributed by atoms with Gasteiger partial charge >= 0.3 is 0 Å². The number of hydrogen-bond donors (Lipinski definition) is 1.